The Morgan fingerprint density at radius 3 is 2.29 bits per heavy atom. The van der Waals surface area contributed by atoms with Crippen LogP contribution in [0.15, 0.2) is 42.5 Å². The summed E-state index contributed by atoms with van der Waals surface area (Å²) in [4.78, 5) is 69.5. The highest BCUT2D eigenvalue weighted by Gasteiger charge is 2.33. The number of benzene rings is 2. The lowest BCUT2D eigenvalue weighted by Gasteiger charge is -2.36. The van der Waals surface area contributed by atoms with Gasteiger partial charge in [0.05, 0.1) is 31.0 Å². The number of ketones is 1. The van der Waals surface area contributed by atoms with Gasteiger partial charge in [0.2, 0.25) is 17.7 Å². The maximum Gasteiger partial charge on any atom is 0.414 e. The van der Waals surface area contributed by atoms with Gasteiger partial charge in [-0.25, -0.2) is 9.18 Å². The van der Waals surface area contributed by atoms with Gasteiger partial charge < -0.3 is 29.7 Å². The second kappa shape index (κ2) is 15.0. The minimum atomic E-state index is -0.600. The molecule has 45 heavy (non-hydrogen) atoms. The zero-order chi connectivity index (χ0) is 32.7. The van der Waals surface area contributed by atoms with Crippen LogP contribution >= 0.6 is 0 Å². The summed E-state index contributed by atoms with van der Waals surface area (Å²) in [6.07, 6.45) is -0.952. The van der Waals surface area contributed by atoms with Crippen LogP contribution in [0.3, 0.4) is 0 Å². The number of halogens is 1. The fourth-order valence-corrected chi connectivity index (χ4v) is 5.29. The molecule has 0 radical (unpaired) electrons. The number of likely N-dealkylation sites (N-methyl/N-ethyl adjacent to an activating group) is 2. The number of cyclic esters (lactones) is 1. The van der Waals surface area contributed by atoms with Gasteiger partial charge in [-0.05, 0) is 37.9 Å². The molecule has 2 aromatic rings. The summed E-state index contributed by atoms with van der Waals surface area (Å²) in [7, 11) is 5.42. The van der Waals surface area contributed by atoms with E-state index in [4.69, 9.17) is 4.74 Å². The molecule has 1 N–H and O–H groups in total. The Morgan fingerprint density at radius 2 is 1.67 bits per heavy atom. The lowest BCUT2D eigenvalue weighted by molar-refractivity contribution is -0.132. The summed E-state index contributed by atoms with van der Waals surface area (Å²) in [5.41, 5.74) is 2.16. The van der Waals surface area contributed by atoms with Gasteiger partial charge in [-0.1, -0.05) is 24.3 Å². The molecule has 0 aromatic heterocycles. The lowest BCUT2D eigenvalue weighted by atomic mass is 10.0. The number of Topliss-reactive ketones (excluding diaryl/α,β-unsaturated/α-hetero) is 1. The molecule has 0 unspecified atom stereocenters. The van der Waals surface area contributed by atoms with Crippen LogP contribution in [0.1, 0.15) is 35.7 Å². The average molecular weight is 625 g/mol. The molecule has 2 aliphatic heterocycles. The quantitative estimate of drug-likeness (QED) is 0.357. The molecule has 242 valence electrons. The maximum atomic E-state index is 15.1. The second-order valence-corrected chi connectivity index (χ2v) is 11.7. The minimum Gasteiger partial charge on any atom is -0.442 e. The summed E-state index contributed by atoms with van der Waals surface area (Å²) in [6.45, 7) is 4.16. The van der Waals surface area contributed by atoms with E-state index in [0.29, 0.717) is 56.2 Å². The number of hydrogen-bond acceptors (Lipinski definition) is 8. The van der Waals surface area contributed by atoms with Crippen molar-refractivity contribution >= 4 is 41.0 Å². The molecule has 2 aliphatic rings. The standard InChI is InChI=1S/C32H41FN6O6/c1-22(40)34-18-26-20-39(32(44)45-26)25-9-10-28(27(33)17-25)37-13-15-38(16-14-37)30(42)12-11-29(41)24-7-5-23(6-8-24)19-36(4)31(43)21-35(2)3/h5-10,17,26H,11-16,18-21H2,1-4H3,(H,34,40)/t26-/m0/s1. The highest BCUT2D eigenvalue weighted by atomic mass is 19.1. The van der Waals surface area contributed by atoms with Gasteiger partial charge in [0.25, 0.3) is 0 Å². The zero-order valence-electron chi connectivity index (χ0n) is 26.3. The van der Waals surface area contributed by atoms with E-state index in [1.807, 2.05) is 36.0 Å². The molecule has 0 saturated carbocycles. The number of rotatable bonds is 12. The van der Waals surface area contributed by atoms with Crippen LogP contribution in [0.4, 0.5) is 20.6 Å². The highest BCUT2D eigenvalue weighted by Crippen LogP contribution is 2.28. The Hall–Kier alpha value is -4.52. The van der Waals surface area contributed by atoms with Crippen molar-refractivity contribution in [3.8, 4) is 0 Å². The molecule has 2 aromatic carbocycles. The first kappa shape index (κ1) is 33.4. The number of ether oxygens (including phenoxy) is 1. The molecular formula is C32H41FN6O6. The number of nitrogens with one attached hydrogen (secondary N) is 1. The molecule has 2 fully saturated rings. The lowest BCUT2D eigenvalue weighted by Crippen LogP contribution is -2.49. The van der Waals surface area contributed by atoms with Crippen LogP contribution in [-0.4, -0.2) is 117 Å². The topological polar surface area (TPSA) is 123 Å². The molecule has 13 heteroatoms. The predicted octanol–water partition coefficient (Wildman–Crippen LogP) is 2.12. The zero-order valence-corrected chi connectivity index (χ0v) is 26.3. The Balaban J connectivity index is 1.22. The summed E-state index contributed by atoms with van der Waals surface area (Å²) >= 11 is 0. The first-order valence-electron chi connectivity index (χ1n) is 15.0. The van der Waals surface area contributed by atoms with E-state index in [1.165, 1.54) is 17.9 Å². The fourth-order valence-electron chi connectivity index (χ4n) is 5.29. The van der Waals surface area contributed by atoms with Gasteiger partial charge in [-0.15, -0.1) is 0 Å². The Bertz CT molecular complexity index is 1410. The number of piperazine rings is 1. The number of carbonyl (C=O) groups is 5. The van der Waals surface area contributed by atoms with Crippen molar-refractivity contribution in [1.29, 1.82) is 0 Å². The van der Waals surface area contributed by atoms with Gasteiger partial charge in [0, 0.05) is 65.1 Å². The molecule has 0 aliphatic carbocycles. The van der Waals surface area contributed by atoms with Gasteiger partial charge >= 0.3 is 6.09 Å². The monoisotopic (exact) mass is 624 g/mol. The van der Waals surface area contributed by atoms with E-state index in [1.54, 1.807) is 41.1 Å². The first-order valence-corrected chi connectivity index (χ1v) is 15.0. The number of amides is 4. The summed E-state index contributed by atoms with van der Waals surface area (Å²) in [5.74, 6) is -0.973. The summed E-state index contributed by atoms with van der Waals surface area (Å²) in [5, 5.41) is 2.61. The van der Waals surface area contributed by atoms with Crippen LogP contribution < -0.4 is 15.1 Å². The number of hydrogen-bond donors (Lipinski definition) is 1. The van der Waals surface area contributed by atoms with Crippen molar-refractivity contribution in [3.05, 3.63) is 59.4 Å². The van der Waals surface area contributed by atoms with Gasteiger partial charge in [-0.3, -0.25) is 24.1 Å². The molecule has 2 saturated heterocycles. The normalized spacial score (nSPS) is 16.5. The molecule has 12 nitrogen and oxygen atoms in total. The Kier molecular flexibility index (Phi) is 11.1. The molecule has 0 bridgehead atoms. The van der Waals surface area contributed by atoms with Crippen LogP contribution in [0.25, 0.3) is 0 Å². The van der Waals surface area contributed by atoms with Crippen molar-refractivity contribution < 1.29 is 33.1 Å². The van der Waals surface area contributed by atoms with Gasteiger partial charge in [0.1, 0.15) is 11.9 Å². The van der Waals surface area contributed by atoms with E-state index < -0.39 is 18.0 Å². The second-order valence-electron chi connectivity index (χ2n) is 11.7. The van der Waals surface area contributed by atoms with Crippen molar-refractivity contribution in [3.63, 3.8) is 0 Å². The predicted molar refractivity (Wildman–Crippen MR) is 167 cm³/mol. The van der Waals surface area contributed by atoms with Crippen LogP contribution in [0.5, 0.6) is 0 Å². The molecule has 1 atom stereocenters. The van der Waals surface area contributed by atoms with E-state index in [0.717, 1.165) is 5.56 Å². The first-order chi connectivity index (χ1) is 21.4. The molecular weight excluding hydrogens is 583 g/mol. The molecule has 0 spiro atoms. The minimum absolute atomic E-state index is 0.00313. The number of anilines is 2. The summed E-state index contributed by atoms with van der Waals surface area (Å²) in [6, 6.07) is 11.6. The van der Waals surface area contributed by atoms with Crippen LogP contribution in [-0.2, 0) is 25.7 Å². The largest absolute Gasteiger partial charge is 0.442 e. The van der Waals surface area contributed by atoms with Crippen molar-refractivity contribution in [2.45, 2.75) is 32.4 Å². The fraction of sp³-hybridized carbons (Fsp3) is 0.469. The Morgan fingerprint density at radius 1 is 0.978 bits per heavy atom. The molecule has 4 amide bonds. The SMILES string of the molecule is CC(=O)NC[C@H]1CN(c2ccc(N3CCN(C(=O)CCC(=O)c4ccc(CN(C)C(=O)CN(C)C)cc4)CC3)c(F)c2)C(=O)O1. The molecule has 4 rings (SSSR count). The van der Waals surface area contributed by atoms with Crippen molar-refractivity contribution in [2.24, 2.45) is 0 Å². The van der Waals surface area contributed by atoms with Gasteiger partial charge in [0.15, 0.2) is 5.78 Å². The summed E-state index contributed by atoms with van der Waals surface area (Å²) < 4.78 is 20.4. The molecule has 2 heterocycles. The smallest absolute Gasteiger partial charge is 0.414 e. The van der Waals surface area contributed by atoms with E-state index in [-0.39, 0.29) is 49.4 Å². The average Bonchev–Trinajstić information content (AvgIpc) is 3.39. The number of nitrogens with zero attached hydrogens (tertiary/aromatic N) is 5. The highest BCUT2D eigenvalue weighted by molar-refractivity contribution is 5.98. The third-order valence-electron chi connectivity index (χ3n) is 7.81. The van der Waals surface area contributed by atoms with E-state index in [9.17, 15) is 24.0 Å². The third-order valence-corrected chi connectivity index (χ3v) is 7.81. The Labute approximate surface area is 262 Å². The van der Waals surface area contributed by atoms with E-state index in [2.05, 4.69) is 5.32 Å². The van der Waals surface area contributed by atoms with Gasteiger partial charge in [-0.2, -0.15) is 0 Å². The van der Waals surface area contributed by atoms with Crippen molar-refractivity contribution in [2.75, 3.05) is 76.8 Å². The van der Waals surface area contributed by atoms with E-state index >= 15 is 4.39 Å². The van der Waals surface area contributed by atoms with Crippen LogP contribution in [0, 0.1) is 5.82 Å². The van der Waals surface area contributed by atoms with Crippen LogP contribution in [0.2, 0.25) is 0 Å². The van der Waals surface area contributed by atoms with Crippen molar-refractivity contribution in [1.82, 2.24) is 20.0 Å². The number of carbonyl (C=O) groups excluding carboxylic acids is 5. The third kappa shape index (κ3) is 9.00. The maximum absolute atomic E-state index is 15.1.